The number of anilines is 3. The number of amides is 1. The SMILES string of the molecule is CC[C@@H]1C(=O)N(C)c2cnc(-c3c[nH]nc3-c3ccc(F)cc3F)nc2N1c1cnn(C)c1. The molecule has 0 saturated heterocycles. The average molecular weight is 450 g/mol. The fourth-order valence-electron chi connectivity index (χ4n) is 4.05. The van der Waals surface area contributed by atoms with Gasteiger partial charge in [-0.1, -0.05) is 6.92 Å². The Bertz CT molecular complexity index is 1360. The first-order valence-electron chi connectivity index (χ1n) is 10.3. The summed E-state index contributed by atoms with van der Waals surface area (Å²) in [7, 11) is 3.48. The first-order chi connectivity index (χ1) is 15.9. The number of halogens is 2. The molecular weight excluding hydrogens is 430 g/mol. The third kappa shape index (κ3) is 3.32. The number of fused-ring (bicyclic) bond motifs is 1. The molecule has 0 fully saturated rings. The second-order valence-corrected chi connectivity index (χ2v) is 7.74. The molecule has 0 radical (unpaired) electrons. The second-order valence-electron chi connectivity index (χ2n) is 7.74. The van der Waals surface area contributed by atoms with Gasteiger partial charge in [-0.25, -0.2) is 18.7 Å². The van der Waals surface area contributed by atoms with Crippen LogP contribution in [-0.2, 0) is 11.8 Å². The van der Waals surface area contributed by atoms with E-state index in [4.69, 9.17) is 4.98 Å². The Kier molecular flexibility index (Phi) is 4.88. The van der Waals surface area contributed by atoms with Crippen LogP contribution in [0.3, 0.4) is 0 Å². The van der Waals surface area contributed by atoms with Crippen LogP contribution in [0.25, 0.3) is 22.6 Å². The number of hydrogen-bond donors (Lipinski definition) is 1. The van der Waals surface area contributed by atoms with E-state index in [1.807, 2.05) is 18.0 Å². The van der Waals surface area contributed by atoms with Crippen LogP contribution in [0.15, 0.2) is 43.0 Å². The van der Waals surface area contributed by atoms with Gasteiger partial charge in [0.2, 0.25) is 5.91 Å². The number of nitrogens with zero attached hydrogens (tertiary/aromatic N) is 7. The van der Waals surface area contributed by atoms with Crippen LogP contribution in [0.2, 0.25) is 0 Å². The van der Waals surface area contributed by atoms with E-state index >= 15 is 0 Å². The zero-order valence-corrected chi connectivity index (χ0v) is 18.1. The molecule has 11 heteroatoms. The van der Waals surface area contributed by atoms with E-state index in [2.05, 4.69) is 20.3 Å². The number of nitrogens with one attached hydrogen (secondary N) is 1. The number of likely N-dealkylation sites (N-methyl/N-ethyl adjacent to an activating group) is 1. The molecule has 4 aromatic rings. The van der Waals surface area contributed by atoms with Gasteiger partial charge in [0.25, 0.3) is 0 Å². The minimum atomic E-state index is -0.741. The summed E-state index contributed by atoms with van der Waals surface area (Å²) in [6.07, 6.45) is 7.15. The summed E-state index contributed by atoms with van der Waals surface area (Å²) in [5.74, 6) is -0.692. The highest BCUT2D eigenvalue weighted by molar-refractivity contribution is 6.06. The number of aryl methyl sites for hydroxylation is 1. The maximum absolute atomic E-state index is 14.5. The quantitative estimate of drug-likeness (QED) is 0.512. The molecule has 0 spiro atoms. The summed E-state index contributed by atoms with van der Waals surface area (Å²) in [5.41, 5.74) is 2.08. The Labute approximate surface area is 187 Å². The molecule has 0 saturated carbocycles. The van der Waals surface area contributed by atoms with Crippen molar-refractivity contribution in [1.29, 1.82) is 0 Å². The standard InChI is InChI=1S/C22H20F2N8O/c1-4-17-22(33)31(3)18-10-25-20(28-21(18)32(17)13-8-27-30(2)11-13)15-9-26-29-19(15)14-6-5-12(23)7-16(14)24/h5-11,17H,4H2,1-3H3,(H,26,29)/t17-/m1/s1. The Morgan fingerprint density at radius 2 is 1.97 bits per heavy atom. The fourth-order valence-corrected chi connectivity index (χ4v) is 4.05. The van der Waals surface area contributed by atoms with E-state index < -0.39 is 17.7 Å². The van der Waals surface area contributed by atoms with E-state index in [0.717, 1.165) is 6.07 Å². The van der Waals surface area contributed by atoms with Gasteiger partial charge < -0.3 is 9.80 Å². The van der Waals surface area contributed by atoms with Crippen molar-refractivity contribution in [2.45, 2.75) is 19.4 Å². The maximum Gasteiger partial charge on any atom is 0.250 e. The maximum atomic E-state index is 14.5. The summed E-state index contributed by atoms with van der Waals surface area (Å²) >= 11 is 0. The van der Waals surface area contributed by atoms with Crippen molar-refractivity contribution in [2.75, 3.05) is 16.8 Å². The molecule has 0 unspecified atom stereocenters. The van der Waals surface area contributed by atoms with Crippen molar-refractivity contribution in [3.05, 3.63) is 54.6 Å². The van der Waals surface area contributed by atoms with Gasteiger partial charge in [-0.05, 0) is 18.6 Å². The van der Waals surface area contributed by atoms with Crippen molar-refractivity contribution in [1.82, 2.24) is 29.9 Å². The third-order valence-electron chi connectivity index (χ3n) is 5.69. The molecule has 1 amide bonds. The van der Waals surface area contributed by atoms with Crippen LogP contribution in [0.1, 0.15) is 13.3 Å². The van der Waals surface area contributed by atoms with Gasteiger partial charge in [0.15, 0.2) is 11.6 Å². The molecule has 4 heterocycles. The number of aromatic nitrogens is 6. The predicted molar refractivity (Wildman–Crippen MR) is 118 cm³/mol. The van der Waals surface area contributed by atoms with Crippen LogP contribution in [0.5, 0.6) is 0 Å². The largest absolute Gasteiger partial charge is 0.309 e. The Hall–Kier alpha value is -4.15. The lowest BCUT2D eigenvalue weighted by atomic mass is 10.1. The average Bonchev–Trinajstić information content (AvgIpc) is 3.45. The topological polar surface area (TPSA) is 95.8 Å². The van der Waals surface area contributed by atoms with Gasteiger partial charge in [0.1, 0.15) is 29.1 Å². The highest BCUT2D eigenvalue weighted by atomic mass is 19.1. The normalized spacial score (nSPS) is 15.8. The van der Waals surface area contributed by atoms with Crippen molar-refractivity contribution in [2.24, 2.45) is 7.05 Å². The number of carbonyl (C=O) groups is 1. The number of H-pyrrole nitrogens is 1. The molecule has 3 aromatic heterocycles. The molecule has 33 heavy (non-hydrogen) atoms. The van der Waals surface area contributed by atoms with Gasteiger partial charge >= 0.3 is 0 Å². The summed E-state index contributed by atoms with van der Waals surface area (Å²) in [5, 5.41) is 11.1. The first kappa shape index (κ1) is 20.7. The lowest BCUT2D eigenvalue weighted by molar-refractivity contribution is -0.119. The highest BCUT2D eigenvalue weighted by Gasteiger charge is 2.38. The van der Waals surface area contributed by atoms with Gasteiger partial charge in [0, 0.05) is 38.1 Å². The van der Waals surface area contributed by atoms with Crippen LogP contribution in [-0.4, -0.2) is 48.9 Å². The van der Waals surface area contributed by atoms with Gasteiger partial charge in [-0.3, -0.25) is 14.6 Å². The van der Waals surface area contributed by atoms with E-state index in [9.17, 15) is 13.6 Å². The monoisotopic (exact) mass is 450 g/mol. The van der Waals surface area contributed by atoms with Crippen LogP contribution >= 0.6 is 0 Å². The number of aromatic amines is 1. The van der Waals surface area contributed by atoms with Crippen molar-refractivity contribution in [3.8, 4) is 22.6 Å². The zero-order chi connectivity index (χ0) is 23.3. The minimum Gasteiger partial charge on any atom is -0.309 e. The predicted octanol–water partition coefficient (Wildman–Crippen LogP) is 3.44. The Balaban J connectivity index is 1.67. The summed E-state index contributed by atoms with van der Waals surface area (Å²) < 4.78 is 29.5. The van der Waals surface area contributed by atoms with Gasteiger partial charge in [-0.15, -0.1) is 0 Å². The molecule has 1 aliphatic heterocycles. The fraction of sp³-hybridized carbons (Fsp3) is 0.227. The van der Waals surface area contributed by atoms with Crippen LogP contribution in [0.4, 0.5) is 26.0 Å². The lowest BCUT2D eigenvalue weighted by Gasteiger charge is -2.39. The van der Waals surface area contributed by atoms with E-state index in [0.29, 0.717) is 29.2 Å². The van der Waals surface area contributed by atoms with Crippen molar-refractivity contribution in [3.63, 3.8) is 0 Å². The van der Waals surface area contributed by atoms with Gasteiger partial charge in [-0.2, -0.15) is 10.2 Å². The number of carbonyl (C=O) groups excluding carboxylic acids is 1. The second kappa shape index (κ2) is 7.76. The summed E-state index contributed by atoms with van der Waals surface area (Å²) in [4.78, 5) is 25.6. The number of benzene rings is 1. The summed E-state index contributed by atoms with van der Waals surface area (Å²) in [6.45, 7) is 1.93. The highest BCUT2D eigenvalue weighted by Crippen LogP contribution is 2.41. The minimum absolute atomic E-state index is 0.0809. The number of rotatable bonds is 4. The smallest absolute Gasteiger partial charge is 0.250 e. The molecule has 1 aliphatic rings. The Morgan fingerprint density at radius 3 is 2.67 bits per heavy atom. The van der Waals surface area contributed by atoms with E-state index in [1.54, 1.807) is 37.4 Å². The van der Waals surface area contributed by atoms with E-state index in [1.165, 1.54) is 17.0 Å². The molecule has 0 bridgehead atoms. The molecule has 9 nitrogen and oxygen atoms in total. The molecule has 1 atom stereocenters. The van der Waals surface area contributed by atoms with Crippen molar-refractivity contribution < 1.29 is 13.6 Å². The lowest BCUT2D eigenvalue weighted by Crippen LogP contribution is -2.50. The molecule has 0 aliphatic carbocycles. The van der Waals surface area contributed by atoms with E-state index in [-0.39, 0.29) is 23.0 Å². The molecule has 1 aromatic carbocycles. The van der Waals surface area contributed by atoms with Gasteiger partial charge in [0.05, 0.1) is 23.6 Å². The molecule has 5 rings (SSSR count). The third-order valence-corrected chi connectivity index (χ3v) is 5.69. The van der Waals surface area contributed by atoms with Crippen LogP contribution < -0.4 is 9.80 Å². The first-order valence-corrected chi connectivity index (χ1v) is 10.3. The van der Waals surface area contributed by atoms with Crippen LogP contribution in [0, 0.1) is 11.6 Å². The molecule has 168 valence electrons. The van der Waals surface area contributed by atoms with Crippen molar-refractivity contribution >= 4 is 23.1 Å². The zero-order valence-electron chi connectivity index (χ0n) is 18.1. The number of hydrogen-bond acceptors (Lipinski definition) is 6. The molecule has 1 N–H and O–H groups in total. The Morgan fingerprint density at radius 1 is 1.15 bits per heavy atom. The summed E-state index contributed by atoms with van der Waals surface area (Å²) in [6, 6.07) is 2.82. The molecular formula is C22H20F2N8O.